The maximum Gasteiger partial charge on any atom is 0.271 e. The molecule has 0 aromatic rings. The van der Waals surface area contributed by atoms with Crippen LogP contribution in [0, 0.1) is 0 Å². The third kappa shape index (κ3) is 11.3. The van der Waals surface area contributed by atoms with E-state index in [4.69, 9.17) is 0 Å². The van der Waals surface area contributed by atoms with Crippen LogP contribution in [0.5, 0.6) is 0 Å². The number of amides is 3. The summed E-state index contributed by atoms with van der Waals surface area (Å²) in [5.74, 6) is -1.09. The second kappa shape index (κ2) is 14.7. The number of nitrogens with one attached hydrogen (secondary N) is 1. The van der Waals surface area contributed by atoms with Crippen LogP contribution in [0.25, 0.3) is 0 Å². The van der Waals surface area contributed by atoms with E-state index in [1.165, 1.54) is 77.0 Å². The molecule has 1 aliphatic heterocycles. The van der Waals surface area contributed by atoms with Gasteiger partial charge in [-0.3, -0.25) is 14.4 Å². The summed E-state index contributed by atoms with van der Waals surface area (Å²) in [5, 5.41) is 5.91. The van der Waals surface area contributed by atoms with Crippen molar-refractivity contribution in [3.63, 3.8) is 0 Å². The number of hydrogen-bond acceptors (Lipinski definition) is 3. The smallest absolute Gasteiger partial charge is 0.271 e. The molecule has 0 saturated carbocycles. The highest BCUT2D eigenvalue weighted by atomic mass is 16.2. The second-order valence-electron chi connectivity index (χ2n) is 7.51. The minimum Gasteiger partial charge on any atom is -0.344 e. The molecule has 5 nitrogen and oxygen atoms in total. The summed E-state index contributed by atoms with van der Waals surface area (Å²) in [6.45, 7) is 2.26. The number of carbonyl (C=O) groups excluding carboxylic acids is 3. The SMILES string of the molecule is CCCCCCCCCCCCCCCCC(=O)NC1CC(=O)[N]C1=O. The van der Waals surface area contributed by atoms with E-state index < -0.39 is 17.9 Å². The summed E-state index contributed by atoms with van der Waals surface area (Å²) in [5.41, 5.74) is 0. The van der Waals surface area contributed by atoms with Crippen LogP contribution in [0.3, 0.4) is 0 Å². The molecule has 1 heterocycles. The number of unbranched alkanes of at least 4 members (excludes halogenated alkanes) is 13. The Hall–Kier alpha value is -1.39. The van der Waals surface area contributed by atoms with Gasteiger partial charge in [-0.05, 0) is 6.42 Å². The predicted molar refractivity (Wildman–Crippen MR) is 104 cm³/mol. The monoisotopic (exact) mass is 365 g/mol. The Labute approximate surface area is 159 Å². The minimum atomic E-state index is -0.721. The molecular weight excluding hydrogens is 328 g/mol. The number of nitrogens with zero attached hydrogens (tertiary/aromatic N) is 1. The van der Waals surface area contributed by atoms with E-state index >= 15 is 0 Å². The van der Waals surface area contributed by atoms with E-state index in [9.17, 15) is 14.4 Å². The fraction of sp³-hybridized carbons (Fsp3) is 0.857. The van der Waals surface area contributed by atoms with Crippen molar-refractivity contribution in [1.29, 1.82) is 0 Å². The first-order chi connectivity index (χ1) is 12.6. The molecule has 0 aliphatic carbocycles. The van der Waals surface area contributed by atoms with Crippen LogP contribution in [-0.4, -0.2) is 23.8 Å². The van der Waals surface area contributed by atoms with Crippen molar-refractivity contribution in [1.82, 2.24) is 10.6 Å². The first kappa shape index (κ1) is 22.7. The summed E-state index contributed by atoms with van der Waals surface area (Å²) >= 11 is 0. The van der Waals surface area contributed by atoms with Crippen molar-refractivity contribution in [3.05, 3.63) is 0 Å². The molecule has 5 heteroatoms. The molecule has 149 valence electrons. The van der Waals surface area contributed by atoms with Gasteiger partial charge in [0.05, 0.1) is 6.42 Å². The molecule has 1 rings (SSSR count). The van der Waals surface area contributed by atoms with Crippen LogP contribution < -0.4 is 10.6 Å². The van der Waals surface area contributed by atoms with Gasteiger partial charge in [0.1, 0.15) is 6.04 Å². The maximum absolute atomic E-state index is 11.8. The van der Waals surface area contributed by atoms with Crippen molar-refractivity contribution in [2.75, 3.05) is 0 Å². The minimum absolute atomic E-state index is 0.0172. The van der Waals surface area contributed by atoms with Crippen molar-refractivity contribution in [2.24, 2.45) is 0 Å². The Morgan fingerprint density at radius 3 is 1.73 bits per heavy atom. The maximum atomic E-state index is 11.8. The highest BCUT2D eigenvalue weighted by Gasteiger charge is 2.33. The first-order valence-electron chi connectivity index (χ1n) is 10.7. The van der Waals surface area contributed by atoms with E-state index in [2.05, 4.69) is 17.6 Å². The largest absolute Gasteiger partial charge is 0.344 e. The van der Waals surface area contributed by atoms with E-state index in [0.29, 0.717) is 6.42 Å². The van der Waals surface area contributed by atoms with Gasteiger partial charge in [-0.25, -0.2) is 0 Å². The molecule has 1 N–H and O–H groups in total. The van der Waals surface area contributed by atoms with Gasteiger partial charge >= 0.3 is 0 Å². The molecule has 3 amide bonds. The van der Waals surface area contributed by atoms with Gasteiger partial charge in [-0.1, -0.05) is 90.4 Å². The normalized spacial score (nSPS) is 16.7. The summed E-state index contributed by atoms with van der Waals surface area (Å²) in [7, 11) is 0. The second-order valence-corrected chi connectivity index (χ2v) is 7.51. The summed E-state index contributed by atoms with van der Waals surface area (Å²) in [4.78, 5) is 34.1. The van der Waals surface area contributed by atoms with Crippen molar-refractivity contribution in [2.45, 2.75) is 116 Å². The Kier molecular flexibility index (Phi) is 12.8. The molecular formula is C21H37N2O3. The van der Waals surface area contributed by atoms with Gasteiger partial charge in [0.25, 0.3) is 11.8 Å². The molecule has 0 aromatic heterocycles. The molecule has 1 saturated heterocycles. The highest BCUT2D eigenvalue weighted by Crippen LogP contribution is 2.13. The Balaban J connectivity index is 1.81. The molecule has 0 aromatic carbocycles. The molecule has 0 bridgehead atoms. The Bertz CT molecular complexity index is 423. The van der Waals surface area contributed by atoms with E-state index in [1.807, 2.05) is 0 Å². The van der Waals surface area contributed by atoms with E-state index in [0.717, 1.165) is 12.8 Å². The third-order valence-electron chi connectivity index (χ3n) is 5.00. The lowest BCUT2D eigenvalue weighted by Crippen LogP contribution is -2.38. The zero-order valence-corrected chi connectivity index (χ0v) is 16.6. The van der Waals surface area contributed by atoms with Crippen LogP contribution in [0.4, 0.5) is 0 Å². The average Bonchev–Trinajstić information content (AvgIpc) is 2.92. The van der Waals surface area contributed by atoms with E-state index in [-0.39, 0.29) is 12.3 Å². The van der Waals surface area contributed by atoms with Crippen LogP contribution in [-0.2, 0) is 14.4 Å². The third-order valence-corrected chi connectivity index (χ3v) is 5.00. The van der Waals surface area contributed by atoms with Gasteiger partial charge in [-0.2, -0.15) is 5.32 Å². The fourth-order valence-corrected chi connectivity index (χ4v) is 3.37. The van der Waals surface area contributed by atoms with E-state index in [1.54, 1.807) is 0 Å². The van der Waals surface area contributed by atoms with Crippen LogP contribution in [0.1, 0.15) is 110 Å². The molecule has 26 heavy (non-hydrogen) atoms. The Morgan fingerprint density at radius 2 is 1.31 bits per heavy atom. The van der Waals surface area contributed by atoms with Gasteiger partial charge < -0.3 is 5.32 Å². The first-order valence-corrected chi connectivity index (χ1v) is 10.7. The Morgan fingerprint density at radius 1 is 0.846 bits per heavy atom. The predicted octanol–water partition coefficient (Wildman–Crippen LogP) is 4.40. The molecule has 1 aliphatic rings. The molecule has 1 radical (unpaired) electrons. The van der Waals surface area contributed by atoms with Gasteiger partial charge in [0.2, 0.25) is 5.91 Å². The number of imide groups is 1. The van der Waals surface area contributed by atoms with Crippen molar-refractivity contribution >= 4 is 17.7 Å². The molecule has 0 spiro atoms. The lowest BCUT2D eigenvalue weighted by Gasteiger charge is -2.08. The standard InChI is InChI=1S/C21H37N2O3/c1-2-3-4-5-6-7-8-9-10-11-12-13-14-15-16-19(24)22-18-17-20(25)23-21(18)26/h18H,2-17H2,1H3,(H,22,24). The summed E-state index contributed by atoms with van der Waals surface area (Å²) in [6, 6.07) is -0.721. The fourth-order valence-electron chi connectivity index (χ4n) is 3.37. The zero-order valence-electron chi connectivity index (χ0n) is 16.6. The lowest BCUT2D eigenvalue weighted by molar-refractivity contribution is -0.128. The van der Waals surface area contributed by atoms with Crippen LogP contribution >= 0.6 is 0 Å². The number of carbonyl (C=O) groups is 3. The van der Waals surface area contributed by atoms with Gasteiger partial charge in [-0.15, -0.1) is 0 Å². The molecule has 1 fully saturated rings. The van der Waals surface area contributed by atoms with Crippen molar-refractivity contribution in [3.8, 4) is 0 Å². The molecule has 1 unspecified atom stereocenters. The quantitative estimate of drug-likeness (QED) is 0.325. The number of rotatable bonds is 16. The number of hydrogen-bond donors (Lipinski definition) is 1. The van der Waals surface area contributed by atoms with Crippen LogP contribution in [0.15, 0.2) is 0 Å². The average molecular weight is 366 g/mol. The zero-order chi connectivity index (χ0) is 19.0. The topological polar surface area (TPSA) is 77.3 Å². The van der Waals surface area contributed by atoms with Gasteiger partial charge in [0.15, 0.2) is 0 Å². The van der Waals surface area contributed by atoms with Gasteiger partial charge in [0, 0.05) is 6.42 Å². The highest BCUT2D eigenvalue weighted by molar-refractivity contribution is 6.06. The van der Waals surface area contributed by atoms with Crippen molar-refractivity contribution < 1.29 is 14.4 Å². The molecule has 1 atom stereocenters. The summed E-state index contributed by atoms with van der Waals surface area (Å²) < 4.78 is 0. The lowest BCUT2D eigenvalue weighted by atomic mass is 10.0. The van der Waals surface area contributed by atoms with Crippen LogP contribution in [0.2, 0.25) is 0 Å². The summed E-state index contributed by atoms with van der Waals surface area (Å²) in [6.07, 6.45) is 18.4.